The summed E-state index contributed by atoms with van der Waals surface area (Å²) in [5.74, 6) is 0.293. The molecule has 0 aliphatic rings. The maximum absolute atomic E-state index is 12.7. The lowest BCUT2D eigenvalue weighted by atomic mass is 10.1. The van der Waals surface area contributed by atoms with E-state index in [-0.39, 0.29) is 5.91 Å². The number of nitrogens with zero attached hydrogens (tertiary/aromatic N) is 4. The molecule has 0 saturated heterocycles. The normalized spacial score (nSPS) is 10.4. The van der Waals surface area contributed by atoms with Crippen LogP contribution in [0.25, 0.3) is 0 Å². The molecular weight excluding hydrogens is 320 g/mol. The topological polar surface area (TPSA) is 61.9 Å². The van der Waals surface area contributed by atoms with Gasteiger partial charge in [0, 0.05) is 31.2 Å². The SMILES string of the molecule is CCn1ccnc1SCC(=O)N(CCC#N)c1cc(C)cc(C)c1. The zero-order valence-corrected chi connectivity index (χ0v) is 15.1. The molecule has 126 valence electrons. The van der Waals surface area contributed by atoms with Gasteiger partial charge in [0.1, 0.15) is 0 Å². The van der Waals surface area contributed by atoms with Crippen LogP contribution in [0, 0.1) is 25.2 Å². The predicted molar refractivity (Wildman–Crippen MR) is 97.1 cm³/mol. The third kappa shape index (κ3) is 4.62. The Labute approximate surface area is 147 Å². The summed E-state index contributed by atoms with van der Waals surface area (Å²) in [6.07, 6.45) is 3.96. The minimum Gasteiger partial charge on any atom is -0.326 e. The van der Waals surface area contributed by atoms with Crippen LogP contribution in [0.5, 0.6) is 0 Å². The molecule has 1 aromatic carbocycles. The average Bonchev–Trinajstić information content (AvgIpc) is 3.00. The van der Waals surface area contributed by atoms with E-state index >= 15 is 0 Å². The number of carbonyl (C=O) groups is 1. The van der Waals surface area contributed by atoms with E-state index in [4.69, 9.17) is 5.26 Å². The third-order valence-corrected chi connectivity index (χ3v) is 4.60. The Balaban J connectivity index is 2.14. The van der Waals surface area contributed by atoms with E-state index in [0.29, 0.717) is 18.7 Å². The Kier molecular flexibility index (Phi) is 6.44. The molecule has 0 aliphatic carbocycles. The zero-order valence-electron chi connectivity index (χ0n) is 14.3. The van der Waals surface area contributed by atoms with Crippen molar-refractivity contribution in [3.8, 4) is 6.07 Å². The molecule has 0 atom stereocenters. The molecule has 0 fully saturated rings. The second kappa shape index (κ2) is 8.55. The second-order valence-corrected chi connectivity index (χ2v) is 6.53. The van der Waals surface area contributed by atoms with Crippen LogP contribution in [0.3, 0.4) is 0 Å². The van der Waals surface area contributed by atoms with E-state index < -0.39 is 0 Å². The lowest BCUT2D eigenvalue weighted by molar-refractivity contribution is -0.116. The summed E-state index contributed by atoms with van der Waals surface area (Å²) in [5.41, 5.74) is 3.06. The molecule has 24 heavy (non-hydrogen) atoms. The number of carbonyl (C=O) groups excluding carboxylic acids is 1. The van der Waals surface area contributed by atoms with Gasteiger partial charge >= 0.3 is 0 Å². The molecule has 0 aliphatic heterocycles. The number of anilines is 1. The van der Waals surface area contributed by atoms with Crippen molar-refractivity contribution in [1.29, 1.82) is 5.26 Å². The fourth-order valence-corrected chi connectivity index (χ4v) is 3.45. The number of imidazole rings is 1. The van der Waals surface area contributed by atoms with E-state index in [1.807, 2.05) is 43.7 Å². The first kappa shape index (κ1) is 18.1. The van der Waals surface area contributed by atoms with Gasteiger partial charge in [0.15, 0.2) is 5.16 Å². The van der Waals surface area contributed by atoms with Crippen molar-refractivity contribution in [2.24, 2.45) is 0 Å². The Morgan fingerprint density at radius 2 is 2.04 bits per heavy atom. The first-order valence-corrected chi connectivity index (χ1v) is 8.93. The van der Waals surface area contributed by atoms with Crippen molar-refractivity contribution in [2.45, 2.75) is 38.9 Å². The molecule has 0 bridgehead atoms. The maximum atomic E-state index is 12.7. The monoisotopic (exact) mass is 342 g/mol. The number of benzene rings is 1. The smallest absolute Gasteiger partial charge is 0.237 e. The quantitative estimate of drug-likeness (QED) is 0.722. The van der Waals surface area contributed by atoms with Crippen LogP contribution in [0.4, 0.5) is 5.69 Å². The molecule has 0 saturated carbocycles. The molecule has 2 aromatic rings. The van der Waals surface area contributed by atoms with Crippen molar-refractivity contribution in [3.63, 3.8) is 0 Å². The molecule has 5 nitrogen and oxygen atoms in total. The number of nitriles is 1. The van der Waals surface area contributed by atoms with E-state index in [0.717, 1.165) is 28.5 Å². The van der Waals surface area contributed by atoms with Crippen LogP contribution in [-0.2, 0) is 11.3 Å². The van der Waals surface area contributed by atoms with E-state index in [1.54, 1.807) is 11.1 Å². The number of rotatable bonds is 7. The van der Waals surface area contributed by atoms with Crippen molar-refractivity contribution in [3.05, 3.63) is 41.7 Å². The van der Waals surface area contributed by atoms with Crippen LogP contribution in [0.2, 0.25) is 0 Å². The van der Waals surface area contributed by atoms with Gasteiger partial charge in [-0.05, 0) is 44.0 Å². The van der Waals surface area contributed by atoms with Crippen LogP contribution in [-0.4, -0.2) is 27.8 Å². The van der Waals surface area contributed by atoms with E-state index in [9.17, 15) is 4.79 Å². The molecule has 1 amide bonds. The van der Waals surface area contributed by atoms with Crippen LogP contribution in [0.15, 0.2) is 35.7 Å². The van der Waals surface area contributed by atoms with Gasteiger partial charge in [-0.15, -0.1) is 0 Å². The summed E-state index contributed by atoms with van der Waals surface area (Å²) in [6.45, 7) is 7.29. The minimum atomic E-state index is -0.00842. The maximum Gasteiger partial charge on any atom is 0.237 e. The summed E-state index contributed by atoms with van der Waals surface area (Å²) >= 11 is 1.43. The number of hydrogen-bond donors (Lipinski definition) is 0. The van der Waals surface area contributed by atoms with Crippen LogP contribution in [0.1, 0.15) is 24.5 Å². The Morgan fingerprint density at radius 1 is 1.33 bits per heavy atom. The van der Waals surface area contributed by atoms with E-state index in [2.05, 4.69) is 17.1 Å². The minimum absolute atomic E-state index is 0.00842. The highest BCUT2D eigenvalue weighted by Gasteiger charge is 2.17. The first-order valence-electron chi connectivity index (χ1n) is 7.94. The highest BCUT2D eigenvalue weighted by Crippen LogP contribution is 2.22. The van der Waals surface area contributed by atoms with Crippen LogP contribution >= 0.6 is 11.8 Å². The van der Waals surface area contributed by atoms with E-state index in [1.165, 1.54) is 11.8 Å². The summed E-state index contributed by atoms with van der Waals surface area (Å²) in [4.78, 5) is 18.7. The second-order valence-electron chi connectivity index (χ2n) is 5.58. The number of hydrogen-bond acceptors (Lipinski definition) is 4. The number of amides is 1. The van der Waals surface area contributed by atoms with Gasteiger partial charge in [-0.2, -0.15) is 5.26 Å². The number of aromatic nitrogens is 2. The predicted octanol–water partition coefficient (Wildman–Crippen LogP) is 3.56. The number of aryl methyl sites for hydroxylation is 3. The molecule has 0 N–H and O–H groups in total. The summed E-state index contributed by atoms with van der Waals surface area (Å²) < 4.78 is 2.01. The van der Waals surface area contributed by atoms with Gasteiger partial charge in [0.05, 0.1) is 18.2 Å². The summed E-state index contributed by atoms with van der Waals surface area (Å²) in [5, 5.41) is 9.73. The Morgan fingerprint density at radius 3 is 2.67 bits per heavy atom. The fraction of sp³-hybridized carbons (Fsp3) is 0.389. The fourth-order valence-electron chi connectivity index (χ4n) is 2.55. The lowest BCUT2D eigenvalue weighted by Crippen LogP contribution is -2.33. The molecule has 2 rings (SSSR count). The summed E-state index contributed by atoms with van der Waals surface area (Å²) in [6, 6.07) is 8.17. The van der Waals surface area contributed by atoms with Gasteiger partial charge < -0.3 is 9.47 Å². The highest BCUT2D eigenvalue weighted by atomic mass is 32.2. The van der Waals surface area contributed by atoms with Gasteiger partial charge in [-0.3, -0.25) is 4.79 Å². The lowest BCUT2D eigenvalue weighted by Gasteiger charge is -2.22. The zero-order chi connectivity index (χ0) is 17.5. The van der Waals surface area contributed by atoms with Crippen molar-refractivity contribution < 1.29 is 4.79 Å². The highest BCUT2D eigenvalue weighted by molar-refractivity contribution is 7.99. The van der Waals surface area contributed by atoms with Gasteiger partial charge in [-0.1, -0.05) is 17.8 Å². The summed E-state index contributed by atoms with van der Waals surface area (Å²) in [7, 11) is 0. The molecular formula is C18H22N4OS. The molecule has 1 heterocycles. The number of thioether (sulfide) groups is 1. The Hall–Kier alpha value is -2.26. The van der Waals surface area contributed by atoms with Gasteiger partial charge in [0.25, 0.3) is 0 Å². The Bertz CT molecular complexity index is 727. The molecule has 0 unspecified atom stereocenters. The molecule has 0 radical (unpaired) electrons. The average molecular weight is 342 g/mol. The third-order valence-electron chi connectivity index (χ3n) is 3.61. The molecule has 0 spiro atoms. The first-order chi connectivity index (χ1) is 11.5. The van der Waals surface area contributed by atoms with Crippen molar-refractivity contribution >= 4 is 23.4 Å². The van der Waals surface area contributed by atoms with Gasteiger partial charge in [-0.25, -0.2) is 4.98 Å². The standard InChI is InChI=1S/C18H22N4OS/c1-4-21-9-7-20-18(21)24-13-17(23)22(8-5-6-19)16-11-14(2)10-15(3)12-16/h7,9-12H,4-5,8,13H2,1-3H3. The van der Waals surface area contributed by atoms with Crippen LogP contribution < -0.4 is 4.90 Å². The molecule has 6 heteroatoms. The molecule has 1 aromatic heterocycles. The van der Waals surface area contributed by atoms with Gasteiger partial charge in [0.2, 0.25) is 5.91 Å². The van der Waals surface area contributed by atoms with Crippen molar-refractivity contribution in [1.82, 2.24) is 9.55 Å². The van der Waals surface area contributed by atoms with Crippen molar-refractivity contribution in [2.75, 3.05) is 17.2 Å². The largest absolute Gasteiger partial charge is 0.326 e.